The molecule has 4 heteroatoms. The Balaban J connectivity index is 1.76. The lowest BCUT2D eigenvalue weighted by Crippen LogP contribution is -1.91. The van der Waals surface area contributed by atoms with Gasteiger partial charge in [-0.25, -0.2) is 4.39 Å². The average Bonchev–Trinajstić information content (AvgIpc) is 2.50. The fourth-order valence-electron chi connectivity index (χ4n) is 2.15. The molecule has 0 saturated heterocycles. The molecule has 22 heavy (non-hydrogen) atoms. The maximum absolute atomic E-state index is 12.9. The Morgan fingerprint density at radius 1 is 0.909 bits per heavy atom. The van der Waals surface area contributed by atoms with E-state index in [2.05, 4.69) is 4.98 Å². The number of rotatable bonds is 4. The second-order valence-electron chi connectivity index (χ2n) is 4.89. The molecule has 2 nitrogen and oxygen atoms in total. The summed E-state index contributed by atoms with van der Waals surface area (Å²) in [7, 11) is 0. The minimum absolute atomic E-state index is 0.283. The number of benzene rings is 2. The first kappa shape index (κ1) is 14.5. The van der Waals surface area contributed by atoms with Gasteiger partial charge in [0.05, 0.1) is 5.02 Å². The van der Waals surface area contributed by atoms with Crippen molar-refractivity contribution in [1.82, 2.24) is 4.98 Å². The van der Waals surface area contributed by atoms with Crippen LogP contribution in [0.25, 0.3) is 0 Å². The molecule has 0 amide bonds. The van der Waals surface area contributed by atoms with Crippen molar-refractivity contribution in [2.24, 2.45) is 0 Å². The van der Waals surface area contributed by atoms with Gasteiger partial charge < -0.3 is 4.74 Å². The summed E-state index contributed by atoms with van der Waals surface area (Å²) in [6.07, 6.45) is 4.12. The van der Waals surface area contributed by atoms with E-state index in [0.29, 0.717) is 22.9 Å². The van der Waals surface area contributed by atoms with Crippen LogP contribution in [0.4, 0.5) is 4.39 Å². The van der Waals surface area contributed by atoms with E-state index in [1.54, 1.807) is 24.5 Å². The fourth-order valence-corrected chi connectivity index (χ4v) is 2.34. The van der Waals surface area contributed by atoms with Crippen molar-refractivity contribution in [3.63, 3.8) is 0 Å². The number of ether oxygens (including phenoxy) is 1. The summed E-state index contributed by atoms with van der Waals surface area (Å²) in [4.78, 5) is 4.08. The molecule has 0 aliphatic rings. The predicted octanol–water partition coefficient (Wildman–Crippen LogP) is 5.26. The van der Waals surface area contributed by atoms with Crippen LogP contribution in [-0.4, -0.2) is 4.98 Å². The highest BCUT2D eigenvalue weighted by Gasteiger charge is 2.02. The maximum atomic E-state index is 12.9. The number of pyridine rings is 1. The van der Waals surface area contributed by atoms with Crippen molar-refractivity contribution >= 4 is 11.6 Å². The van der Waals surface area contributed by atoms with Crippen LogP contribution >= 0.6 is 11.6 Å². The van der Waals surface area contributed by atoms with Crippen LogP contribution in [0.1, 0.15) is 11.1 Å². The van der Waals surface area contributed by atoms with Gasteiger partial charge in [0.1, 0.15) is 17.3 Å². The quantitative estimate of drug-likeness (QED) is 0.655. The van der Waals surface area contributed by atoms with Crippen molar-refractivity contribution in [2.75, 3.05) is 0 Å². The Labute approximate surface area is 133 Å². The molecule has 110 valence electrons. The zero-order chi connectivity index (χ0) is 15.4. The van der Waals surface area contributed by atoms with Crippen molar-refractivity contribution in [3.05, 3.63) is 89.0 Å². The first-order valence-electron chi connectivity index (χ1n) is 6.81. The van der Waals surface area contributed by atoms with Crippen LogP contribution in [0.2, 0.25) is 5.02 Å². The number of aromatic nitrogens is 1. The molecule has 0 atom stereocenters. The summed E-state index contributed by atoms with van der Waals surface area (Å²) in [5, 5.41) is 0.621. The number of halogens is 2. The third-order valence-electron chi connectivity index (χ3n) is 3.12. The normalized spacial score (nSPS) is 10.5. The van der Waals surface area contributed by atoms with E-state index in [9.17, 15) is 4.39 Å². The molecular weight excluding hydrogens is 301 g/mol. The highest BCUT2D eigenvalue weighted by Crippen LogP contribution is 2.23. The third-order valence-corrected chi connectivity index (χ3v) is 3.32. The lowest BCUT2D eigenvalue weighted by atomic mass is 10.1. The number of hydrogen-bond donors (Lipinski definition) is 0. The summed E-state index contributed by atoms with van der Waals surface area (Å²) in [6, 6.07) is 15.6. The van der Waals surface area contributed by atoms with Crippen molar-refractivity contribution in [2.45, 2.75) is 6.42 Å². The molecule has 1 aromatic heterocycles. The Hall–Kier alpha value is -2.39. The summed E-state index contributed by atoms with van der Waals surface area (Å²) in [5.41, 5.74) is 2.12. The van der Waals surface area contributed by atoms with Crippen molar-refractivity contribution < 1.29 is 9.13 Å². The molecule has 0 spiro atoms. The highest BCUT2D eigenvalue weighted by molar-refractivity contribution is 6.30. The molecule has 0 fully saturated rings. The van der Waals surface area contributed by atoms with Gasteiger partial charge in [-0.3, -0.25) is 4.98 Å². The van der Waals surface area contributed by atoms with Gasteiger partial charge in [-0.05, 0) is 60.0 Å². The van der Waals surface area contributed by atoms with Gasteiger partial charge in [0.25, 0.3) is 0 Å². The molecule has 0 radical (unpaired) electrons. The van der Waals surface area contributed by atoms with Gasteiger partial charge in [0.15, 0.2) is 0 Å². The Morgan fingerprint density at radius 3 is 2.50 bits per heavy atom. The maximum Gasteiger partial charge on any atom is 0.127 e. The zero-order valence-corrected chi connectivity index (χ0v) is 12.4. The molecule has 0 bridgehead atoms. The lowest BCUT2D eigenvalue weighted by molar-refractivity contribution is 0.480. The molecule has 0 aliphatic carbocycles. The van der Waals surface area contributed by atoms with Gasteiger partial charge in [0.2, 0.25) is 0 Å². The van der Waals surface area contributed by atoms with E-state index >= 15 is 0 Å². The van der Waals surface area contributed by atoms with Gasteiger partial charge in [-0.1, -0.05) is 23.7 Å². The topological polar surface area (TPSA) is 22.1 Å². The van der Waals surface area contributed by atoms with Crippen LogP contribution in [0, 0.1) is 5.82 Å². The average molecular weight is 314 g/mol. The molecule has 2 aromatic carbocycles. The van der Waals surface area contributed by atoms with E-state index < -0.39 is 0 Å². The van der Waals surface area contributed by atoms with Crippen LogP contribution in [0.5, 0.6) is 11.5 Å². The van der Waals surface area contributed by atoms with Crippen molar-refractivity contribution in [1.29, 1.82) is 0 Å². The summed E-state index contributed by atoms with van der Waals surface area (Å²) in [6.45, 7) is 0. The smallest absolute Gasteiger partial charge is 0.127 e. The minimum atomic E-state index is -0.283. The molecule has 0 saturated carbocycles. The molecule has 0 N–H and O–H groups in total. The van der Waals surface area contributed by atoms with Crippen LogP contribution < -0.4 is 4.74 Å². The molecule has 0 unspecified atom stereocenters. The molecule has 3 aromatic rings. The highest BCUT2D eigenvalue weighted by atomic mass is 35.5. The largest absolute Gasteiger partial charge is 0.457 e. The first-order valence-corrected chi connectivity index (χ1v) is 7.19. The number of hydrogen-bond acceptors (Lipinski definition) is 2. The van der Waals surface area contributed by atoms with Crippen LogP contribution in [0.15, 0.2) is 67.0 Å². The summed E-state index contributed by atoms with van der Waals surface area (Å²) >= 11 is 5.94. The third kappa shape index (κ3) is 3.83. The Bertz CT molecular complexity index is 774. The zero-order valence-electron chi connectivity index (χ0n) is 11.7. The van der Waals surface area contributed by atoms with Gasteiger partial charge in [0, 0.05) is 12.4 Å². The van der Waals surface area contributed by atoms with Gasteiger partial charge >= 0.3 is 0 Å². The SMILES string of the molecule is Fc1ccc(Oc2cccc(Cc3cncc(Cl)c3)c2)cc1. The van der Waals surface area contributed by atoms with E-state index in [4.69, 9.17) is 16.3 Å². The first-order chi connectivity index (χ1) is 10.7. The van der Waals surface area contributed by atoms with Crippen molar-refractivity contribution in [3.8, 4) is 11.5 Å². The lowest BCUT2D eigenvalue weighted by Gasteiger charge is -2.08. The minimum Gasteiger partial charge on any atom is -0.457 e. The summed E-state index contributed by atoms with van der Waals surface area (Å²) < 4.78 is 18.6. The predicted molar refractivity (Wildman–Crippen MR) is 85.0 cm³/mol. The van der Waals surface area contributed by atoms with Gasteiger partial charge in [-0.15, -0.1) is 0 Å². The number of nitrogens with zero attached hydrogens (tertiary/aromatic N) is 1. The van der Waals surface area contributed by atoms with E-state index in [1.807, 2.05) is 30.3 Å². The monoisotopic (exact) mass is 313 g/mol. The van der Waals surface area contributed by atoms with Crippen LogP contribution in [0.3, 0.4) is 0 Å². The van der Waals surface area contributed by atoms with E-state index in [1.165, 1.54) is 12.1 Å². The second-order valence-corrected chi connectivity index (χ2v) is 5.33. The molecule has 3 rings (SSSR count). The fraction of sp³-hybridized carbons (Fsp3) is 0.0556. The molecule has 0 aliphatic heterocycles. The Morgan fingerprint density at radius 2 is 1.73 bits per heavy atom. The summed E-state index contributed by atoms with van der Waals surface area (Å²) in [5.74, 6) is 1.02. The Kier molecular flexibility index (Phi) is 4.35. The van der Waals surface area contributed by atoms with Gasteiger partial charge in [-0.2, -0.15) is 0 Å². The molecular formula is C18H13ClFNO. The van der Waals surface area contributed by atoms with Crippen LogP contribution in [-0.2, 0) is 6.42 Å². The van der Waals surface area contributed by atoms with E-state index in [-0.39, 0.29) is 5.82 Å². The second kappa shape index (κ2) is 6.58. The molecule has 1 heterocycles. The standard InChI is InChI=1S/C18H13ClFNO/c19-15-9-14(11-21-12-15)8-13-2-1-3-18(10-13)22-17-6-4-16(20)5-7-17/h1-7,9-12H,8H2. The van der Waals surface area contributed by atoms with E-state index in [0.717, 1.165) is 11.1 Å².